The highest BCUT2D eigenvalue weighted by Crippen LogP contribution is 2.56. The first-order valence-corrected chi connectivity index (χ1v) is 29.0. The molecule has 4 aromatic carbocycles. The Morgan fingerprint density at radius 1 is 0.448 bits per heavy atom. The van der Waals surface area contributed by atoms with E-state index in [1.165, 1.54) is 223 Å². The summed E-state index contributed by atoms with van der Waals surface area (Å²) < 4.78 is 1.27. The molecule has 0 spiro atoms. The topological polar surface area (TPSA) is 3.24 Å². The van der Waals surface area contributed by atoms with Gasteiger partial charge in [-0.25, -0.2) is 0 Å². The van der Waals surface area contributed by atoms with Gasteiger partial charge in [0.1, 0.15) is 0 Å². The molecule has 0 atom stereocenters. The van der Waals surface area contributed by atoms with E-state index in [9.17, 15) is 0 Å². The lowest BCUT2D eigenvalue weighted by Crippen LogP contribution is -2.26. The largest absolute Gasteiger partial charge is 0.338 e. The van der Waals surface area contributed by atoms with Crippen molar-refractivity contribution in [2.75, 3.05) is 11.4 Å². The summed E-state index contributed by atoms with van der Waals surface area (Å²) in [6, 6.07) is 35.7. The molecule has 1 nitrogen and oxygen atoms in total. The number of allylic oxidation sites excluding steroid dienone is 4. The van der Waals surface area contributed by atoms with Crippen molar-refractivity contribution in [1.29, 1.82) is 0 Å². The number of hydrogen-bond acceptors (Lipinski definition) is 1. The lowest BCUT2D eigenvalue weighted by Gasteiger charge is -2.34. The molecule has 0 fully saturated rings. The average Bonchev–Trinajstić information content (AvgIpc) is 3.78. The maximum absolute atomic E-state index is 4.60. The Bertz CT molecular complexity index is 2100. The van der Waals surface area contributed by atoms with Gasteiger partial charge in [0.2, 0.25) is 0 Å². The van der Waals surface area contributed by atoms with Gasteiger partial charge >= 0.3 is 0 Å². The van der Waals surface area contributed by atoms with Crippen molar-refractivity contribution in [1.82, 2.24) is 0 Å². The second-order valence-electron chi connectivity index (χ2n) is 20.6. The maximum Gasteiger partial charge on any atom is 0.0417 e. The van der Waals surface area contributed by atoms with Gasteiger partial charge in [-0.3, -0.25) is 0 Å². The molecule has 0 radical (unpaired) electrons. The summed E-state index contributed by atoms with van der Waals surface area (Å²) in [5, 5.41) is 0. The van der Waals surface area contributed by atoms with Gasteiger partial charge in [0.25, 0.3) is 0 Å². The molecule has 0 amide bonds. The zero-order valence-electron chi connectivity index (χ0n) is 42.9. The zero-order valence-corrected chi connectivity index (χ0v) is 45.1. The average molecular weight is 1010 g/mol. The van der Waals surface area contributed by atoms with E-state index in [0.717, 1.165) is 6.54 Å². The van der Waals surface area contributed by atoms with Crippen molar-refractivity contribution >= 4 is 39.5 Å². The van der Waals surface area contributed by atoms with Crippen LogP contribution in [0.25, 0.3) is 16.7 Å². The molecule has 6 rings (SSSR count). The van der Waals surface area contributed by atoms with E-state index < -0.39 is 0 Å². The predicted octanol–water partition coefficient (Wildman–Crippen LogP) is 21.1. The normalized spacial score (nSPS) is 14.5. The summed E-state index contributed by atoms with van der Waals surface area (Å²) in [5.41, 5.74) is 14.6. The summed E-state index contributed by atoms with van der Waals surface area (Å²) in [7, 11) is 0. The molecule has 0 bridgehead atoms. The molecule has 0 aromatic heterocycles. The van der Waals surface area contributed by atoms with Crippen LogP contribution in [-0.4, -0.2) is 6.54 Å². The van der Waals surface area contributed by atoms with Crippen LogP contribution >= 0.6 is 22.6 Å². The van der Waals surface area contributed by atoms with E-state index in [-0.39, 0.29) is 10.8 Å². The quantitative estimate of drug-likeness (QED) is 0.0333. The number of rotatable bonds is 34. The summed E-state index contributed by atoms with van der Waals surface area (Å²) >= 11 is 2.46. The second-order valence-corrected chi connectivity index (χ2v) is 21.8. The highest BCUT2D eigenvalue weighted by molar-refractivity contribution is 14.1. The molecule has 0 heterocycles. The Kier molecular flexibility index (Phi) is 22.4. The summed E-state index contributed by atoms with van der Waals surface area (Å²) in [6.07, 6.45) is 44.1. The minimum Gasteiger partial charge on any atom is -0.338 e. The number of hydrogen-bond donors (Lipinski definition) is 0. The summed E-state index contributed by atoms with van der Waals surface area (Å²) in [5.74, 6) is 0. The fourth-order valence-electron chi connectivity index (χ4n) is 12.2. The van der Waals surface area contributed by atoms with E-state index in [0.29, 0.717) is 0 Å². The van der Waals surface area contributed by atoms with Crippen LogP contribution in [0, 0.1) is 3.57 Å². The highest BCUT2D eigenvalue weighted by Gasteiger charge is 2.43. The molecule has 0 N–H and O–H groups in total. The van der Waals surface area contributed by atoms with Crippen LogP contribution in [0.5, 0.6) is 0 Å². The van der Waals surface area contributed by atoms with Gasteiger partial charge in [0.05, 0.1) is 0 Å². The van der Waals surface area contributed by atoms with Gasteiger partial charge in [0, 0.05) is 32.3 Å². The second kappa shape index (κ2) is 28.3. The minimum absolute atomic E-state index is 0.0354. The zero-order chi connectivity index (χ0) is 47.2. The molecule has 2 aliphatic carbocycles. The molecule has 0 saturated heterocycles. The molecule has 0 saturated carbocycles. The van der Waals surface area contributed by atoms with Crippen LogP contribution in [0.1, 0.15) is 230 Å². The Morgan fingerprint density at radius 2 is 0.866 bits per heavy atom. The van der Waals surface area contributed by atoms with E-state index in [1.54, 1.807) is 16.7 Å². The first-order valence-electron chi connectivity index (χ1n) is 27.9. The van der Waals surface area contributed by atoms with Gasteiger partial charge in [-0.1, -0.05) is 261 Å². The van der Waals surface area contributed by atoms with Gasteiger partial charge < -0.3 is 4.90 Å². The number of benzene rings is 4. The summed E-state index contributed by atoms with van der Waals surface area (Å²) in [6.45, 7) is 14.7. The molecular formula is C65H90IN. The molecule has 0 unspecified atom stereocenters. The van der Waals surface area contributed by atoms with Gasteiger partial charge in [-0.2, -0.15) is 0 Å². The first-order chi connectivity index (χ1) is 33.0. The van der Waals surface area contributed by atoms with Gasteiger partial charge in [-0.15, -0.1) is 0 Å². The van der Waals surface area contributed by atoms with Crippen LogP contribution in [0.4, 0.5) is 11.4 Å². The molecular weight excluding hydrogens is 922 g/mol. The Morgan fingerprint density at radius 3 is 1.37 bits per heavy atom. The number of anilines is 2. The molecule has 362 valence electrons. The standard InChI is InChI=1S/C65H90IN/c1-6-11-15-19-23-31-47-64(48-32-24-20-16-12-7-2)60(10-5)56(57-36-27-29-39-61(57)64)38-35-51-67(54-43-41-53(66)42-44-54)55-45-46-59-58-37-28-30-40-62(58)65(63(59)52-55,49-33-25-21-17-13-8-3)50-34-26-22-18-14-9-4/h10,27-30,35-46,52H,5-9,11-26,31-34,47-51H2,1-4H3/b38-35-. The van der Waals surface area contributed by atoms with Crippen LogP contribution in [-0.2, 0) is 10.8 Å². The molecule has 2 heteroatoms. The highest BCUT2D eigenvalue weighted by atomic mass is 127. The SMILES string of the molecule is C=CC1=C(/C=C\CN(c2ccc(I)cc2)c2ccc3c(c2)C(CCCCCCCC)(CCCCCCCC)c2ccccc2-3)c2ccccc2C1(CCCCCCCC)CCCCCCCC. The Balaban J connectivity index is 1.36. The van der Waals surface area contributed by atoms with Crippen molar-refractivity contribution in [3.05, 3.63) is 147 Å². The third-order valence-electron chi connectivity index (χ3n) is 15.8. The third-order valence-corrected chi connectivity index (χ3v) is 16.6. The van der Waals surface area contributed by atoms with E-state index in [2.05, 4.69) is 171 Å². The van der Waals surface area contributed by atoms with E-state index >= 15 is 0 Å². The smallest absolute Gasteiger partial charge is 0.0417 e. The first kappa shape index (κ1) is 53.0. The van der Waals surface area contributed by atoms with Crippen molar-refractivity contribution < 1.29 is 0 Å². The number of halogens is 1. The Labute approximate surface area is 425 Å². The molecule has 0 aliphatic heterocycles. The predicted molar refractivity (Wildman–Crippen MR) is 305 cm³/mol. The van der Waals surface area contributed by atoms with Crippen molar-refractivity contribution in [2.24, 2.45) is 0 Å². The Hall–Kier alpha value is -3.37. The third kappa shape index (κ3) is 13.7. The minimum atomic E-state index is 0.0354. The number of fused-ring (bicyclic) bond motifs is 4. The molecule has 67 heavy (non-hydrogen) atoms. The summed E-state index contributed by atoms with van der Waals surface area (Å²) in [4.78, 5) is 2.59. The fourth-order valence-corrected chi connectivity index (χ4v) is 12.6. The number of unbranched alkanes of at least 4 members (excludes halogenated alkanes) is 20. The molecule has 4 aromatic rings. The lowest BCUT2D eigenvalue weighted by molar-refractivity contribution is 0.395. The van der Waals surface area contributed by atoms with Crippen LogP contribution in [0.15, 0.2) is 121 Å². The maximum atomic E-state index is 4.60. The van der Waals surface area contributed by atoms with E-state index in [1.807, 2.05) is 0 Å². The number of nitrogens with zero attached hydrogens (tertiary/aromatic N) is 1. The fraction of sp³-hybridized carbons (Fsp3) is 0.538. The van der Waals surface area contributed by atoms with E-state index in [4.69, 9.17) is 0 Å². The van der Waals surface area contributed by atoms with Crippen molar-refractivity contribution in [3.8, 4) is 11.1 Å². The van der Waals surface area contributed by atoms with Crippen molar-refractivity contribution in [3.63, 3.8) is 0 Å². The monoisotopic (exact) mass is 1010 g/mol. The lowest BCUT2D eigenvalue weighted by atomic mass is 9.69. The van der Waals surface area contributed by atoms with Crippen LogP contribution in [0.3, 0.4) is 0 Å². The van der Waals surface area contributed by atoms with Crippen LogP contribution in [0.2, 0.25) is 0 Å². The van der Waals surface area contributed by atoms with Crippen LogP contribution < -0.4 is 4.90 Å². The molecule has 2 aliphatic rings. The van der Waals surface area contributed by atoms with Crippen molar-refractivity contribution in [2.45, 2.75) is 218 Å². The van der Waals surface area contributed by atoms with Gasteiger partial charge in [-0.05, 0) is 129 Å². The van der Waals surface area contributed by atoms with Gasteiger partial charge in [0.15, 0.2) is 0 Å².